The van der Waals surface area contributed by atoms with Crippen molar-refractivity contribution >= 4 is 11.9 Å². The van der Waals surface area contributed by atoms with E-state index < -0.39 is 11.6 Å². The van der Waals surface area contributed by atoms with Gasteiger partial charge in [0.1, 0.15) is 5.60 Å². The number of carboxylic acid groups (broad SMARTS) is 1. The van der Waals surface area contributed by atoms with Gasteiger partial charge in [-0.3, -0.25) is 9.59 Å². The molecule has 0 bridgehead atoms. The monoisotopic (exact) mass is 264 g/mol. The van der Waals surface area contributed by atoms with E-state index in [1.165, 1.54) is 0 Å². The van der Waals surface area contributed by atoms with Crippen LogP contribution in [0.5, 0.6) is 0 Å². The highest BCUT2D eigenvalue weighted by molar-refractivity contribution is 5.74. The molecule has 0 aromatic heterocycles. The molecule has 0 unspecified atom stereocenters. The maximum absolute atomic E-state index is 11.8. The molecule has 1 N–H and O–H groups in total. The highest BCUT2D eigenvalue weighted by Gasteiger charge is 2.23. The van der Waals surface area contributed by atoms with E-state index in [2.05, 4.69) is 0 Å². The first-order valence-corrected chi connectivity index (χ1v) is 6.26. The third-order valence-electron chi connectivity index (χ3n) is 2.53. The van der Waals surface area contributed by atoms with E-state index in [4.69, 9.17) is 9.84 Å². The second-order valence-corrected chi connectivity index (χ2v) is 5.50. The van der Waals surface area contributed by atoms with Crippen LogP contribution in [0.1, 0.15) is 45.1 Å². The molecule has 1 aromatic rings. The minimum atomic E-state index is -0.919. The lowest BCUT2D eigenvalue weighted by Crippen LogP contribution is -2.25. The lowest BCUT2D eigenvalue weighted by Gasteiger charge is -2.22. The highest BCUT2D eigenvalue weighted by Crippen LogP contribution is 2.25. The van der Waals surface area contributed by atoms with Crippen molar-refractivity contribution in [1.82, 2.24) is 0 Å². The van der Waals surface area contributed by atoms with Gasteiger partial charge in [0.15, 0.2) is 0 Å². The fourth-order valence-electron chi connectivity index (χ4n) is 1.83. The topological polar surface area (TPSA) is 63.6 Å². The number of carbonyl (C=O) groups excluding carboxylic acids is 1. The Hall–Kier alpha value is -1.84. The van der Waals surface area contributed by atoms with E-state index in [0.717, 1.165) is 5.56 Å². The maximum atomic E-state index is 11.8. The van der Waals surface area contributed by atoms with E-state index >= 15 is 0 Å². The quantitative estimate of drug-likeness (QED) is 0.830. The molecule has 1 aromatic carbocycles. The molecule has 0 heterocycles. The van der Waals surface area contributed by atoms with Crippen LogP contribution >= 0.6 is 0 Å². The first-order valence-electron chi connectivity index (χ1n) is 6.26. The van der Waals surface area contributed by atoms with Crippen LogP contribution in [-0.2, 0) is 14.3 Å². The van der Waals surface area contributed by atoms with Gasteiger partial charge in [-0.05, 0) is 26.3 Å². The Morgan fingerprint density at radius 3 is 2.21 bits per heavy atom. The van der Waals surface area contributed by atoms with Crippen LogP contribution in [0.3, 0.4) is 0 Å². The van der Waals surface area contributed by atoms with Gasteiger partial charge in [0.2, 0.25) is 0 Å². The zero-order valence-electron chi connectivity index (χ0n) is 11.6. The van der Waals surface area contributed by atoms with Crippen LogP contribution in [0.15, 0.2) is 30.3 Å². The number of hydrogen-bond acceptors (Lipinski definition) is 3. The number of aliphatic carboxylic acids is 1. The van der Waals surface area contributed by atoms with Crippen LogP contribution in [0.2, 0.25) is 0 Å². The standard InChI is InChI=1S/C15H20O4/c1-15(2,3)19-14(18)10-12(9-13(16)17)11-7-5-4-6-8-11/h4-8,12H,9-10H2,1-3H3,(H,16,17)/t12-/m0/s1. The Bertz CT molecular complexity index is 431. The molecular formula is C15H20O4. The molecule has 0 aliphatic heterocycles. The summed E-state index contributed by atoms with van der Waals surface area (Å²) in [6.07, 6.45) is -0.00314. The summed E-state index contributed by atoms with van der Waals surface area (Å²) in [7, 11) is 0. The van der Waals surface area contributed by atoms with Crippen molar-refractivity contribution in [2.45, 2.75) is 45.1 Å². The van der Waals surface area contributed by atoms with E-state index in [1.54, 1.807) is 20.8 Å². The normalized spacial score (nSPS) is 12.8. The van der Waals surface area contributed by atoms with E-state index in [-0.39, 0.29) is 24.7 Å². The third-order valence-corrected chi connectivity index (χ3v) is 2.53. The Morgan fingerprint density at radius 2 is 1.74 bits per heavy atom. The summed E-state index contributed by atoms with van der Waals surface area (Å²) in [5.41, 5.74) is 0.289. The smallest absolute Gasteiger partial charge is 0.306 e. The molecule has 4 nitrogen and oxygen atoms in total. The SMILES string of the molecule is CC(C)(C)OC(=O)C[C@H](CC(=O)O)c1ccccc1. The first-order chi connectivity index (χ1) is 8.78. The Labute approximate surface area is 113 Å². The molecule has 0 saturated heterocycles. The average Bonchev–Trinajstić information content (AvgIpc) is 2.26. The minimum Gasteiger partial charge on any atom is -0.481 e. The van der Waals surface area contributed by atoms with E-state index in [1.807, 2.05) is 30.3 Å². The fraction of sp³-hybridized carbons (Fsp3) is 0.467. The van der Waals surface area contributed by atoms with Crippen LogP contribution in [0.4, 0.5) is 0 Å². The predicted molar refractivity (Wildman–Crippen MR) is 71.9 cm³/mol. The van der Waals surface area contributed by atoms with Crippen LogP contribution in [-0.4, -0.2) is 22.6 Å². The molecule has 0 aliphatic carbocycles. The first kappa shape index (κ1) is 15.2. The predicted octanol–water partition coefficient (Wildman–Crippen LogP) is 2.98. The molecule has 0 amide bonds. The van der Waals surface area contributed by atoms with E-state index in [9.17, 15) is 9.59 Å². The second kappa shape index (κ2) is 6.36. The lowest BCUT2D eigenvalue weighted by atomic mass is 9.92. The van der Waals surface area contributed by atoms with Crippen LogP contribution in [0, 0.1) is 0 Å². The van der Waals surface area contributed by atoms with Crippen molar-refractivity contribution in [3.8, 4) is 0 Å². The molecule has 0 radical (unpaired) electrons. The zero-order chi connectivity index (χ0) is 14.5. The summed E-state index contributed by atoms with van der Waals surface area (Å²) in [5.74, 6) is -1.64. The van der Waals surface area contributed by atoms with Crippen molar-refractivity contribution in [2.24, 2.45) is 0 Å². The van der Waals surface area contributed by atoms with Gasteiger partial charge in [0.05, 0.1) is 12.8 Å². The fourth-order valence-corrected chi connectivity index (χ4v) is 1.83. The van der Waals surface area contributed by atoms with Crippen molar-refractivity contribution in [3.05, 3.63) is 35.9 Å². The third kappa shape index (κ3) is 6.04. The van der Waals surface area contributed by atoms with E-state index in [0.29, 0.717) is 0 Å². The number of carboxylic acids is 1. The average molecular weight is 264 g/mol. The van der Waals surface area contributed by atoms with Gasteiger partial charge in [-0.25, -0.2) is 0 Å². The molecule has 4 heteroatoms. The van der Waals surface area contributed by atoms with Crippen molar-refractivity contribution in [1.29, 1.82) is 0 Å². The van der Waals surface area contributed by atoms with Gasteiger partial charge in [0, 0.05) is 5.92 Å². The van der Waals surface area contributed by atoms with Crippen LogP contribution < -0.4 is 0 Å². The molecule has 104 valence electrons. The molecule has 1 atom stereocenters. The minimum absolute atomic E-state index is 0.0770. The summed E-state index contributed by atoms with van der Waals surface area (Å²) in [5, 5.41) is 8.94. The molecule has 0 spiro atoms. The molecule has 0 saturated carbocycles. The summed E-state index contributed by atoms with van der Waals surface area (Å²) in [6, 6.07) is 9.18. The molecular weight excluding hydrogens is 244 g/mol. The summed E-state index contributed by atoms with van der Waals surface area (Å²) in [6.45, 7) is 5.37. The number of carbonyl (C=O) groups is 2. The van der Waals surface area contributed by atoms with Crippen molar-refractivity contribution in [2.75, 3.05) is 0 Å². The molecule has 1 rings (SSSR count). The molecule has 19 heavy (non-hydrogen) atoms. The lowest BCUT2D eigenvalue weighted by molar-refractivity contribution is -0.155. The van der Waals surface area contributed by atoms with Gasteiger partial charge in [-0.15, -0.1) is 0 Å². The zero-order valence-corrected chi connectivity index (χ0v) is 11.6. The number of benzene rings is 1. The Morgan fingerprint density at radius 1 is 1.16 bits per heavy atom. The van der Waals surface area contributed by atoms with Crippen LogP contribution in [0.25, 0.3) is 0 Å². The molecule has 0 aliphatic rings. The van der Waals surface area contributed by atoms with Gasteiger partial charge in [-0.1, -0.05) is 30.3 Å². The van der Waals surface area contributed by atoms with Gasteiger partial charge in [0.25, 0.3) is 0 Å². The maximum Gasteiger partial charge on any atom is 0.306 e. The largest absolute Gasteiger partial charge is 0.481 e. The highest BCUT2D eigenvalue weighted by atomic mass is 16.6. The number of ether oxygens (including phenoxy) is 1. The van der Waals surface area contributed by atoms with Gasteiger partial charge < -0.3 is 9.84 Å². The van der Waals surface area contributed by atoms with Crippen molar-refractivity contribution < 1.29 is 19.4 Å². The van der Waals surface area contributed by atoms with Gasteiger partial charge >= 0.3 is 11.9 Å². The molecule has 0 fully saturated rings. The Kier molecular flexibility index (Phi) is 5.10. The number of hydrogen-bond donors (Lipinski definition) is 1. The summed E-state index contributed by atoms with van der Waals surface area (Å²) in [4.78, 5) is 22.7. The second-order valence-electron chi connectivity index (χ2n) is 5.50. The van der Waals surface area contributed by atoms with Gasteiger partial charge in [-0.2, -0.15) is 0 Å². The summed E-state index contributed by atoms with van der Waals surface area (Å²) < 4.78 is 5.24. The summed E-state index contributed by atoms with van der Waals surface area (Å²) >= 11 is 0. The van der Waals surface area contributed by atoms with Crippen molar-refractivity contribution in [3.63, 3.8) is 0 Å². The number of esters is 1. The number of rotatable bonds is 5. The Balaban J connectivity index is 2.76.